The summed E-state index contributed by atoms with van der Waals surface area (Å²) >= 11 is 0. The van der Waals surface area contributed by atoms with E-state index in [2.05, 4.69) is 22.9 Å². The second-order valence-corrected chi connectivity index (χ2v) is 5.54. The van der Waals surface area contributed by atoms with Gasteiger partial charge in [0.05, 0.1) is 6.61 Å². The van der Waals surface area contributed by atoms with Crippen molar-refractivity contribution in [2.75, 3.05) is 32.1 Å². The van der Waals surface area contributed by atoms with Crippen LogP contribution in [0.1, 0.15) is 31.4 Å². The van der Waals surface area contributed by atoms with Crippen LogP contribution in [0.3, 0.4) is 0 Å². The Bertz CT molecular complexity index is 461. The van der Waals surface area contributed by atoms with Gasteiger partial charge in [-0.15, -0.1) is 0 Å². The molecule has 2 rings (SSSR count). The van der Waals surface area contributed by atoms with Crippen LogP contribution in [-0.4, -0.2) is 32.8 Å². The molecule has 0 aliphatic heterocycles. The van der Waals surface area contributed by atoms with Crippen LogP contribution >= 0.6 is 0 Å². The predicted molar refractivity (Wildman–Crippen MR) is 84.5 cm³/mol. The van der Waals surface area contributed by atoms with Gasteiger partial charge >= 0.3 is 6.03 Å². The highest BCUT2D eigenvalue weighted by Gasteiger charge is 2.20. The number of ether oxygens (including phenoxy) is 1. The lowest BCUT2D eigenvalue weighted by Crippen LogP contribution is -2.31. The van der Waals surface area contributed by atoms with Crippen molar-refractivity contribution < 1.29 is 9.53 Å². The first-order valence-corrected chi connectivity index (χ1v) is 7.59. The largest absolute Gasteiger partial charge is 0.379 e. The van der Waals surface area contributed by atoms with Crippen molar-refractivity contribution in [2.45, 2.75) is 25.8 Å². The topological polar surface area (TPSA) is 62.4 Å². The summed E-state index contributed by atoms with van der Waals surface area (Å²) in [6.45, 7) is 4.01. The minimum Gasteiger partial charge on any atom is -0.379 e. The van der Waals surface area contributed by atoms with Gasteiger partial charge in [-0.3, -0.25) is 0 Å². The summed E-state index contributed by atoms with van der Waals surface area (Å²) in [5.74, 6) is 0.760. The average molecular weight is 291 g/mol. The Morgan fingerprint density at radius 1 is 1.43 bits per heavy atom. The first-order chi connectivity index (χ1) is 10.2. The lowest BCUT2D eigenvalue weighted by Gasteiger charge is -2.13. The zero-order chi connectivity index (χ0) is 15.1. The minimum atomic E-state index is -0.195. The zero-order valence-corrected chi connectivity index (χ0v) is 12.8. The molecule has 0 spiro atoms. The lowest BCUT2D eigenvalue weighted by molar-refractivity contribution is 0.127. The third-order valence-electron chi connectivity index (χ3n) is 3.66. The van der Waals surface area contributed by atoms with Gasteiger partial charge in [0.2, 0.25) is 0 Å². The first-order valence-electron chi connectivity index (χ1n) is 7.59. The Hall–Kier alpha value is -1.59. The molecular weight excluding hydrogens is 266 g/mol. The van der Waals surface area contributed by atoms with Gasteiger partial charge in [0.25, 0.3) is 0 Å². The number of benzene rings is 1. The van der Waals surface area contributed by atoms with Gasteiger partial charge < -0.3 is 20.7 Å². The van der Waals surface area contributed by atoms with Crippen LogP contribution in [0.15, 0.2) is 24.3 Å². The third-order valence-corrected chi connectivity index (χ3v) is 3.66. The molecule has 1 aromatic carbocycles. The normalized spacial score (nSPS) is 15.5. The fourth-order valence-electron chi connectivity index (χ4n) is 2.00. The summed E-state index contributed by atoms with van der Waals surface area (Å²) in [5.41, 5.74) is 1.94. The molecule has 21 heavy (non-hydrogen) atoms. The second-order valence-electron chi connectivity index (χ2n) is 5.54. The summed E-state index contributed by atoms with van der Waals surface area (Å²) < 4.78 is 5.47. The van der Waals surface area contributed by atoms with Crippen LogP contribution in [0.2, 0.25) is 0 Å². The number of rotatable bonds is 8. The molecule has 1 aliphatic carbocycles. The molecule has 5 nitrogen and oxygen atoms in total. The van der Waals surface area contributed by atoms with E-state index in [1.807, 2.05) is 31.3 Å². The van der Waals surface area contributed by atoms with Crippen LogP contribution in [-0.2, 0) is 4.74 Å². The Kier molecular flexibility index (Phi) is 6.02. The zero-order valence-electron chi connectivity index (χ0n) is 12.8. The maximum Gasteiger partial charge on any atom is 0.319 e. The average Bonchev–Trinajstić information content (AvgIpc) is 3.30. The molecule has 0 bridgehead atoms. The summed E-state index contributed by atoms with van der Waals surface area (Å²) in [4.78, 5) is 11.8. The van der Waals surface area contributed by atoms with Crippen LogP contribution in [0.4, 0.5) is 10.5 Å². The Morgan fingerprint density at radius 3 is 2.95 bits per heavy atom. The van der Waals surface area contributed by atoms with E-state index >= 15 is 0 Å². The van der Waals surface area contributed by atoms with E-state index in [9.17, 15) is 4.79 Å². The number of amides is 2. The molecule has 2 amide bonds. The van der Waals surface area contributed by atoms with E-state index in [0.717, 1.165) is 23.8 Å². The second kappa shape index (κ2) is 8.00. The number of nitrogens with one attached hydrogen (secondary N) is 3. The van der Waals surface area contributed by atoms with Crippen molar-refractivity contribution in [1.29, 1.82) is 0 Å². The molecule has 116 valence electrons. The highest BCUT2D eigenvalue weighted by molar-refractivity contribution is 5.89. The number of hydrogen-bond acceptors (Lipinski definition) is 3. The molecule has 5 heteroatoms. The van der Waals surface area contributed by atoms with Crippen molar-refractivity contribution in [1.82, 2.24) is 10.6 Å². The molecule has 0 saturated heterocycles. The highest BCUT2D eigenvalue weighted by Crippen LogP contribution is 2.28. The van der Waals surface area contributed by atoms with Crippen LogP contribution in [0.25, 0.3) is 0 Å². The molecule has 1 atom stereocenters. The van der Waals surface area contributed by atoms with E-state index in [0.29, 0.717) is 13.2 Å². The summed E-state index contributed by atoms with van der Waals surface area (Å²) in [6, 6.07) is 7.90. The van der Waals surface area contributed by atoms with Crippen molar-refractivity contribution >= 4 is 11.7 Å². The molecule has 1 saturated carbocycles. The maximum atomic E-state index is 11.8. The van der Waals surface area contributed by atoms with Crippen LogP contribution in [0, 0.1) is 5.92 Å². The molecule has 1 aromatic rings. The van der Waals surface area contributed by atoms with Crippen molar-refractivity contribution in [2.24, 2.45) is 5.92 Å². The number of carbonyl (C=O) groups excluding carboxylic acids is 1. The first kappa shape index (κ1) is 15.8. The Morgan fingerprint density at radius 2 is 2.24 bits per heavy atom. The number of hydrogen-bond donors (Lipinski definition) is 3. The third kappa shape index (κ3) is 5.73. The van der Waals surface area contributed by atoms with Crippen molar-refractivity contribution in [3.05, 3.63) is 29.8 Å². The monoisotopic (exact) mass is 291 g/mol. The van der Waals surface area contributed by atoms with E-state index < -0.39 is 0 Å². The smallest absolute Gasteiger partial charge is 0.319 e. The van der Waals surface area contributed by atoms with Gasteiger partial charge in [-0.25, -0.2) is 4.79 Å². The lowest BCUT2D eigenvalue weighted by atomic mass is 10.1. The van der Waals surface area contributed by atoms with E-state index in [-0.39, 0.29) is 12.1 Å². The maximum absolute atomic E-state index is 11.8. The fourth-order valence-corrected chi connectivity index (χ4v) is 2.00. The number of anilines is 1. The Balaban J connectivity index is 1.68. The van der Waals surface area contributed by atoms with E-state index in [1.165, 1.54) is 12.8 Å². The minimum absolute atomic E-state index is 0.195. The standard InChI is InChI=1S/C16H25N3O2/c1-12(17-2)14-4-3-5-15(10-14)19-16(20)18-8-9-21-11-13-6-7-13/h3-5,10,12-13,17H,6-9,11H2,1-2H3,(H2,18,19,20). The van der Waals surface area contributed by atoms with Gasteiger partial charge in [0.1, 0.15) is 0 Å². The van der Waals surface area contributed by atoms with Crippen molar-refractivity contribution in [3.63, 3.8) is 0 Å². The molecular formula is C16H25N3O2. The van der Waals surface area contributed by atoms with Crippen LogP contribution in [0.5, 0.6) is 0 Å². The van der Waals surface area contributed by atoms with E-state index in [1.54, 1.807) is 0 Å². The molecule has 1 fully saturated rings. The molecule has 0 aromatic heterocycles. The van der Waals surface area contributed by atoms with Crippen molar-refractivity contribution in [3.8, 4) is 0 Å². The van der Waals surface area contributed by atoms with Gasteiger partial charge in [-0.1, -0.05) is 12.1 Å². The number of carbonyl (C=O) groups is 1. The highest BCUT2D eigenvalue weighted by atomic mass is 16.5. The summed E-state index contributed by atoms with van der Waals surface area (Å²) in [5, 5.41) is 8.82. The van der Waals surface area contributed by atoms with Gasteiger partial charge in [-0.2, -0.15) is 0 Å². The molecule has 0 radical (unpaired) electrons. The van der Waals surface area contributed by atoms with Gasteiger partial charge in [-0.05, 0) is 50.4 Å². The van der Waals surface area contributed by atoms with Crippen LogP contribution < -0.4 is 16.0 Å². The summed E-state index contributed by atoms with van der Waals surface area (Å²) in [7, 11) is 1.92. The van der Waals surface area contributed by atoms with Gasteiger partial charge in [0.15, 0.2) is 0 Å². The summed E-state index contributed by atoms with van der Waals surface area (Å²) in [6.07, 6.45) is 2.57. The molecule has 0 heterocycles. The van der Waals surface area contributed by atoms with Gasteiger partial charge in [0, 0.05) is 24.9 Å². The SMILES string of the molecule is CNC(C)c1cccc(NC(=O)NCCOCC2CC2)c1. The quantitative estimate of drug-likeness (QED) is 0.645. The predicted octanol–water partition coefficient (Wildman–Crippen LogP) is 2.52. The fraction of sp³-hybridized carbons (Fsp3) is 0.562. The Labute approximate surface area is 126 Å². The van der Waals surface area contributed by atoms with E-state index in [4.69, 9.17) is 4.74 Å². The molecule has 3 N–H and O–H groups in total. The molecule has 1 aliphatic rings. The number of urea groups is 1. The molecule has 1 unspecified atom stereocenters.